The van der Waals surface area contributed by atoms with Gasteiger partial charge in [0.2, 0.25) is 11.5 Å². The fourth-order valence-corrected chi connectivity index (χ4v) is 4.01. The molecule has 13 heteroatoms. The zero-order valence-corrected chi connectivity index (χ0v) is 16.3. The Morgan fingerprint density at radius 1 is 1.39 bits per heavy atom. The van der Waals surface area contributed by atoms with Crippen LogP contribution >= 0.6 is 23.4 Å². The van der Waals surface area contributed by atoms with Crippen LogP contribution < -0.4 is 10.4 Å². The van der Waals surface area contributed by atoms with E-state index in [1.807, 2.05) is 0 Å². The maximum atomic E-state index is 12.4. The molecule has 0 aromatic carbocycles. The number of hydrogen-bond donors (Lipinski definition) is 1. The largest absolute Gasteiger partial charge is 0.543 e. The Hall–Kier alpha value is -2.60. The summed E-state index contributed by atoms with van der Waals surface area (Å²) in [5.74, 6) is -5.10. The zero-order chi connectivity index (χ0) is 21.0. The van der Waals surface area contributed by atoms with E-state index < -0.39 is 58.2 Å². The van der Waals surface area contributed by atoms with Gasteiger partial charge in [-0.05, 0) is 0 Å². The summed E-state index contributed by atoms with van der Waals surface area (Å²) in [6.07, 6.45) is 0. The average molecular weight is 433 g/mol. The van der Waals surface area contributed by atoms with E-state index in [0.717, 1.165) is 23.8 Å². The van der Waals surface area contributed by atoms with Crippen LogP contribution in [0.5, 0.6) is 0 Å². The number of carboxylic acids is 1. The van der Waals surface area contributed by atoms with Gasteiger partial charge in [0.25, 0.3) is 11.8 Å². The molecule has 1 N–H and O–H groups in total. The number of Topliss-reactive ketones (excluding diaryl/α,β-unsaturated/α-hetero) is 1. The van der Waals surface area contributed by atoms with E-state index in [2.05, 4.69) is 15.3 Å². The number of ketones is 1. The Morgan fingerprint density at radius 3 is 2.61 bits per heavy atom. The first-order valence-corrected chi connectivity index (χ1v) is 9.33. The highest BCUT2D eigenvalue weighted by atomic mass is 35.5. The number of carbonyl (C=O) groups excluding carboxylic acids is 5. The van der Waals surface area contributed by atoms with Crippen molar-refractivity contribution in [3.63, 3.8) is 0 Å². The number of amides is 2. The number of nitrogens with zero attached hydrogens (tertiary/aromatic N) is 2. The number of β-lactam (4-membered cyclic amide) rings is 1. The smallest absolute Gasteiger partial charge is 0.302 e. The maximum absolute atomic E-state index is 12.4. The summed E-state index contributed by atoms with van der Waals surface area (Å²) >= 11 is 6.57. The third kappa shape index (κ3) is 4.28. The van der Waals surface area contributed by atoms with Crippen molar-refractivity contribution >= 4 is 58.6 Å². The van der Waals surface area contributed by atoms with Gasteiger partial charge in [-0.2, -0.15) is 0 Å². The van der Waals surface area contributed by atoms with E-state index in [-0.39, 0.29) is 17.9 Å². The number of hydrogen-bond acceptors (Lipinski definition) is 10. The van der Waals surface area contributed by atoms with E-state index in [0.29, 0.717) is 0 Å². The SMILES string of the molecule is CON=C(C(=O)CCl)C(=O)N[C@@H]1C(=O)N2C(C(=O)[O-])=C(COC(C)=O)CSC12. The lowest BCUT2D eigenvalue weighted by Crippen LogP contribution is -2.71. The predicted octanol–water partition coefficient (Wildman–Crippen LogP) is -2.24. The van der Waals surface area contributed by atoms with E-state index in [9.17, 15) is 29.1 Å². The molecule has 2 rings (SSSR count). The molecule has 28 heavy (non-hydrogen) atoms. The Kier molecular flexibility index (Phi) is 7.02. The van der Waals surface area contributed by atoms with Crippen molar-refractivity contribution in [1.29, 1.82) is 0 Å². The number of thioether (sulfide) groups is 1. The van der Waals surface area contributed by atoms with Crippen LogP contribution in [0.25, 0.3) is 0 Å². The first-order valence-electron chi connectivity index (χ1n) is 7.75. The van der Waals surface area contributed by atoms with Gasteiger partial charge in [-0.3, -0.25) is 24.1 Å². The van der Waals surface area contributed by atoms with Crippen molar-refractivity contribution < 1.29 is 38.7 Å². The number of aliphatic carboxylic acids is 1. The molecule has 2 amide bonds. The number of carbonyl (C=O) groups is 5. The lowest BCUT2D eigenvalue weighted by atomic mass is 10.0. The molecule has 2 heterocycles. The molecular weight excluding hydrogens is 418 g/mol. The van der Waals surface area contributed by atoms with Crippen molar-refractivity contribution in [2.24, 2.45) is 5.16 Å². The maximum Gasteiger partial charge on any atom is 0.302 e. The van der Waals surface area contributed by atoms with Crippen LogP contribution in [0.2, 0.25) is 0 Å². The van der Waals surface area contributed by atoms with Crippen LogP contribution in [0.3, 0.4) is 0 Å². The molecule has 0 aromatic heterocycles. The molecule has 152 valence electrons. The van der Waals surface area contributed by atoms with Crippen LogP contribution in [-0.2, 0) is 33.5 Å². The second kappa shape index (κ2) is 9.06. The summed E-state index contributed by atoms with van der Waals surface area (Å²) in [7, 11) is 1.13. The molecule has 1 fully saturated rings. The molecule has 2 atom stereocenters. The predicted molar refractivity (Wildman–Crippen MR) is 93.9 cm³/mol. The van der Waals surface area contributed by atoms with Crippen LogP contribution in [0, 0.1) is 0 Å². The summed E-state index contributed by atoms with van der Waals surface area (Å²) in [4.78, 5) is 64.2. The normalized spacial score (nSPS) is 21.5. The number of oxime groups is 1. The van der Waals surface area contributed by atoms with Crippen LogP contribution in [-0.4, -0.2) is 76.9 Å². The van der Waals surface area contributed by atoms with Gasteiger partial charge in [-0.25, -0.2) is 0 Å². The summed E-state index contributed by atoms with van der Waals surface area (Å²) in [5.41, 5.74) is -0.813. The molecule has 0 saturated carbocycles. The topological polar surface area (TPSA) is 154 Å². The molecule has 1 saturated heterocycles. The number of nitrogens with one attached hydrogen (secondary N) is 1. The Bertz CT molecular complexity index is 796. The molecule has 0 aliphatic carbocycles. The average Bonchev–Trinajstić information content (AvgIpc) is 2.66. The van der Waals surface area contributed by atoms with Gasteiger partial charge in [-0.1, -0.05) is 5.16 Å². The lowest BCUT2D eigenvalue weighted by molar-refractivity contribution is -0.301. The minimum absolute atomic E-state index is 0.136. The molecular formula is C15H15ClN3O8S-. The highest BCUT2D eigenvalue weighted by molar-refractivity contribution is 8.00. The van der Waals surface area contributed by atoms with Crippen molar-refractivity contribution in [3.05, 3.63) is 11.3 Å². The lowest BCUT2D eigenvalue weighted by Gasteiger charge is -2.50. The molecule has 2 aliphatic rings. The van der Waals surface area contributed by atoms with Crippen molar-refractivity contribution in [2.45, 2.75) is 18.3 Å². The van der Waals surface area contributed by atoms with Gasteiger partial charge in [0, 0.05) is 18.2 Å². The zero-order valence-electron chi connectivity index (χ0n) is 14.7. The second-order valence-electron chi connectivity index (χ2n) is 5.56. The van der Waals surface area contributed by atoms with E-state index in [4.69, 9.17) is 16.3 Å². The van der Waals surface area contributed by atoms with E-state index >= 15 is 0 Å². The molecule has 11 nitrogen and oxygen atoms in total. The quantitative estimate of drug-likeness (QED) is 0.112. The van der Waals surface area contributed by atoms with Crippen molar-refractivity contribution in [2.75, 3.05) is 25.3 Å². The van der Waals surface area contributed by atoms with Gasteiger partial charge in [0.15, 0.2) is 0 Å². The second-order valence-corrected chi connectivity index (χ2v) is 6.93. The Balaban J connectivity index is 2.18. The molecule has 1 unspecified atom stereocenters. The molecule has 0 bridgehead atoms. The summed E-state index contributed by atoms with van der Waals surface area (Å²) < 4.78 is 4.80. The van der Waals surface area contributed by atoms with Gasteiger partial charge in [0.05, 0.1) is 17.5 Å². The number of halogens is 1. The van der Waals surface area contributed by atoms with Gasteiger partial charge in [-0.15, -0.1) is 23.4 Å². The number of alkyl halides is 1. The molecule has 0 spiro atoms. The number of esters is 1. The van der Waals surface area contributed by atoms with Crippen molar-refractivity contribution in [3.8, 4) is 0 Å². The third-order valence-corrected chi connectivity index (χ3v) is 5.34. The van der Waals surface area contributed by atoms with E-state index in [1.165, 1.54) is 6.92 Å². The van der Waals surface area contributed by atoms with Crippen LogP contribution in [0.1, 0.15) is 6.92 Å². The van der Waals surface area contributed by atoms with E-state index in [1.54, 1.807) is 0 Å². The summed E-state index contributed by atoms with van der Waals surface area (Å²) in [5, 5.41) is 16.4. The number of rotatable bonds is 8. The highest BCUT2D eigenvalue weighted by Gasteiger charge is 2.53. The fourth-order valence-electron chi connectivity index (χ4n) is 2.55. The van der Waals surface area contributed by atoms with Gasteiger partial charge >= 0.3 is 5.97 Å². The van der Waals surface area contributed by atoms with Gasteiger partial charge in [0.1, 0.15) is 25.1 Å². The number of ether oxygens (including phenoxy) is 1. The number of carboxylic acid groups (broad SMARTS) is 1. The van der Waals surface area contributed by atoms with Crippen LogP contribution in [0.15, 0.2) is 16.4 Å². The van der Waals surface area contributed by atoms with Crippen LogP contribution in [0.4, 0.5) is 0 Å². The molecule has 0 radical (unpaired) electrons. The molecule has 0 aromatic rings. The summed E-state index contributed by atoms with van der Waals surface area (Å²) in [6, 6.07) is -1.09. The minimum atomic E-state index is -1.61. The standard InChI is InChI=1S/C15H16ClN3O8S/c1-6(20)27-4-7-5-28-14-10(13(23)19(14)11(7)15(24)25)17-12(22)9(18-26-2)8(21)3-16/h10,14H,3-5H2,1-2H3,(H,17,22)(H,24,25)/p-1/t10-,14?/m1/s1. The third-order valence-electron chi connectivity index (χ3n) is 3.76. The Morgan fingerprint density at radius 2 is 2.07 bits per heavy atom. The fraction of sp³-hybridized carbons (Fsp3) is 0.467. The van der Waals surface area contributed by atoms with Gasteiger partial charge < -0.3 is 24.8 Å². The molecule has 2 aliphatic heterocycles. The summed E-state index contributed by atoms with van der Waals surface area (Å²) in [6.45, 7) is 0.869. The van der Waals surface area contributed by atoms with Crippen molar-refractivity contribution in [1.82, 2.24) is 10.2 Å². The first kappa shape index (κ1) is 21.7. The Labute approximate surface area is 168 Å². The first-order chi connectivity index (χ1) is 13.2. The number of fused-ring (bicyclic) bond motifs is 1. The monoisotopic (exact) mass is 432 g/mol. The minimum Gasteiger partial charge on any atom is -0.543 e. The highest BCUT2D eigenvalue weighted by Crippen LogP contribution is 2.40.